The largest absolute Gasteiger partial charge is 0.322 e. The number of rotatable bonds is 5. The number of halogens is 2. The lowest BCUT2D eigenvalue weighted by Gasteiger charge is -2.17. The summed E-state index contributed by atoms with van der Waals surface area (Å²) in [7, 11) is 0. The van der Waals surface area contributed by atoms with Gasteiger partial charge in [0.15, 0.2) is 0 Å². The van der Waals surface area contributed by atoms with Gasteiger partial charge in [-0.3, -0.25) is 9.59 Å². The van der Waals surface area contributed by atoms with E-state index in [-0.39, 0.29) is 29.0 Å². The predicted molar refractivity (Wildman–Crippen MR) is 114 cm³/mol. The Bertz CT molecular complexity index is 1140. The van der Waals surface area contributed by atoms with Gasteiger partial charge in [0.2, 0.25) is 5.91 Å². The van der Waals surface area contributed by atoms with Gasteiger partial charge in [-0.2, -0.15) is 5.10 Å². The molecule has 0 bridgehead atoms. The minimum absolute atomic E-state index is 0.0476. The number of hydrogen-bond acceptors (Lipinski definition) is 3. The van der Waals surface area contributed by atoms with Gasteiger partial charge >= 0.3 is 0 Å². The molecule has 1 fully saturated rings. The number of hydrogen-bond donors (Lipinski definition) is 1. The van der Waals surface area contributed by atoms with E-state index in [1.165, 1.54) is 35.4 Å². The molecule has 8 heteroatoms. The molecule has 0 atom stereocenters. The lowest BCUT2D eigenvalue weighted by atomic mass is 10.0. The number of carbonyl (C=O) groups excluding carboxylic acids is 2. The van der Waals surface area contributed by atoms with Crippen LogP contribution in [0.4, 0.5) is 20.2 Å². The van der Waals surface area contributed by atoms with Crippen molar-refractivity contribution in [3.8, 4) is 5.69 Å². The summed E-state index contributed by atoms with van der Waals surface area (Å²) in [6.45, 7) is 4.34. The van der Waals surface area contributed by atoms with E-state index in [0.29, 0.717) is 36.3 Å². The Balaban J connectivity index is 1.59. The monoisotopic (exact) mass is 424 g/mol. The number of amides is 2. The van der Waals surface area contributed by atoms with Crippen molar-refractivity contribution in [2.24, 2.45) is 0 Å². The quantitative estimate of drug-likeness (QED) is 0.648. The zero-order valence-electron chi connectivity index (χ0n) is 17.2. The maximum Gasteiger partial charge on any atom is 0.259 e. The highest BCUT2D eigenvalue weighted by Gasteiger charge is 2.25. The zero-order valence-corrected chi connectivity index (χ0v) is 17.2. The van der Waals surface area contributed by atoms with Gasteiger partial charge in [0.1, 0.15) is 11.6 Å². The van der Waals surface area contributed by atoms with E-state index in [2.05, 4.69) is 10.4 Å². The summed E-state index contributed by atoms with van der Waals surface area (Å²) >= 11 is 0. The molecule has 6 nitrogen and oxygen atoms in total. The van der Waals surface area contributed by atoms with Crippen LogP contribution in [0.1, 0.15) is 48.7 Å². The molecule has 4 rings (SSSR count). The van der Waals surface area contributed by atoms with E-state index in [1.807, 2.05) is 13.8 Å². The van der Waals surface area contributed by atoms with E-state index in [9.17, 15) is 18.4 Å². The molecule has 1 N–H and O–H groups in total. The first kappa shape index (κ1) is 20.7. The third kappa shape index (κ3) is 4.05. The molecular weight excluding hydrogens is 402 g/mol. The minimum atomic E-state index is -0.570. The second-order valence-electron chi connectivity index (χ2n) is 7.76. The van der Waals surface area contributed by atoms with E-state index >= 15 is 0 Å². The first-order valence-electron chi connectivity index (χ1n) is 10.1. The van der Waals surface area contributed by atoms with Crippen molar-refractivity contribution in [3.05, 3.63) is 71.6 Å². The number of nitrogens with zero attached hydrogens (tertiary/aromatic N) is 3. The third-order valence-electron chi connectivity index (χ3n) is 5.24. The van der Waals surface area contributed by atoms with Crippen LogP contribution >= 0.6 is 0 Å². The van der Waals surface area contributed by atoms with Crippen LogP contribution in [0.3, 0.4) is 0 Å². The highest BCUT2D eigenvalue weighted by Crippen LogP contribution is 2.28. The van der Waals surface area contributed by atoms with Crippen molar-refractivity contribution in [3.63, 3.8) is 0 Å². The third-order valence-corrected chi connectivity index (χ3v) is 5.24. The molecule has 1 aromatic heterocycles. The molecule has 0 aliphatic carbocycles. The molecule has 31 heavy (non-hydrogen) atoms. The van der Waals surface area contributed by atoms with Crippen LogP contribution in [0.5, 0.6) is 0 Å². The Morgan fingerprint density at radius 1 is 1.13 bits per heavy atom. The Morgan fingerprint density at radius 2 is 1.87 bits per heavy atom. The highest BCUT2D eigenvalue weighted by atomic mass is 19.1. The van der Waals surface area contributed by atoms with E-state index in [1.54, 1.807) is 22.9 Å². The number of aromatic nitrogens is 2. The fourth-order valence-electron chi connectivity index (χ4n) is 3.78. The molecule has 0 saturated carbocycles. The van der Waals surface area contributed by atoms with Gasteiger partial charge in [0, 0.05) is 18.7 Å². The number of nitrogens with one attached hydrogen (secondary N) is 1. The van der Waals surface area contributed by atoms with Gasteiger partial charge in [-0.05, 0) is 54.8 Å². The Hall–Kier alpha value is -3.55. The molecule has 3 aromatic rings. The molecule has 160 valence electrons. The number of carbonyl (C=O) groups is 2. The Kier molecular flexibility index (Phi) is 5.54. The number of anilines is 2. The molecule has 1 aliphatic heterocycles. The summed E-state index contributed by atoms with van der Waals surface area (Å²) in [4.78, 5) is 26.2. The van der Waals surface area contributed by atoms with Gasteiger partial charge in [0.25, 0.3) is 5.91 Å². The number of benzene rings is 2. The van der Waals surface area contributed by atoms with Crippen molar-refractivity contribution in [1.82, 2.24) is 9.78 Å². The van der Waals surface area contributed by atoms with Gasteiger partial charge in [-0.1, -0.05) is 13.8 Å². The van der Waals surface area contributed by atoms with Crippen LogP contribution in [0.15, 0.2) is 48.7 Å². The maximum absolute atomic E-state index is 14.6. The summed E-state index contributed by atoms with van der Waals surface area (Å²) in [6, 6.07) is 10.1. The second-order valence-corrected chi connectivity index (χ2v) is 7.76. The molecule has 2 aromatic carbocycles. The highest BCUT2D eigenvalue weighted by molar-refractivity contribution is 6.05. The smallest absolute Gasteiger partial charge is 0.259 e. The van der Waals surface area contributed by atoms with Crippen molar-refractivity contribution in [1.29, 1.82) is 0 Å². The normalized spacial score (nSPS) is 13.8. The molecule has 1 aliphatic rings. The van der Waals surface area contributed by atoms with Gasteiger partial charge in [0.05, 0.1) is 28.8 Å². The first-order chi connectivity index (χ1) is 14.8. The summed E-state index contributed by atoms with van der Waals surface area (Å²) < 4.78 is 29.5. The molecule has 2 heterocycles. The zero-order chi connectivity index (χ0) is 22.1. The standard InChI is InChI=1S/C23H22F2N4O2/c1-14(2)22-18(13-26-29(22)17-8-5-15(24)6-9-17)23(31)27-16-7-10-20(19(25)12-16)28-11-3-4-21(28)30/h5-10,12-14H,3-4,11H2,1-2H3,(H,27,31). The lowest BCUT2D eigenvalue weighted by Crippen LogP contribution is -2.24. The average Bonchev–Trinajstić information content (AvgIpc) is 3.35. The second kappa shape index (κ2) is 8.29. The van der Waals surface area contributed by atoms with Crippen LogP contribution < -0.4 is 10.2 Å². The molecule has 1 saturated heterocycles. The van der Waals surface area contributed by atoms with E-state index in [4.69, 9.17) is 0 Å². The van der Waals surface area contributed by atoms with Crippen LogP contribution in [0, 0.1) is 11.6 Å². The van der Waals surface area contributed by atoms with Crippen molar-refractivity contribution < 1.29 is 18.4 Å². The average molecular weight is 424 g/mol. The van der Waals surface area contributed by atoms with E-state index < -0.39 is 11.7 Å². The topological polar surface area (TPSA) is 67.2 Å². The van der Waals surface area contributed by atoms with Crippen molar-refractivity contribution in [2.45, 2.75) is 32.6 Å². The maximum atomic E-state index is 14.6. The lowest BCUT2D eigenvalue weighted by molar-refractivity contribution is -0.117. The van der Waals surface area contributed by atoms with E-state index in [0.717, 1.165) is 0 Å². The van der Waals surface area contributed by atoms with Gasteiger partial charge in [-0.15, -0.1) is 0 Å². The summed E-state index contributed by atoms with van der Waals surface area (Å²) in [5, 5.41) is 7.01. The first-order valence-corrected chi connectivity index (χ1v) is 10.1. The summed E-state index contributed by atoms with van der Waals surface area (Å²) in [6.07, 6.45) is 2.56. The fourth-order valence-corrected chi connectivity index (χ4v) is 3.78. The summed E-state index contributed by atoms with van der Waals surface area (Å²) in [5.74, 6) is -1.51. The Morgan fingerprint density at radius 3 is 2.48 bits per heavy atom. The summed E-state index contributed by atoms with van der Waals surface area (Å²) in [5.41, 5.74) is 2.13. The molecular formula is C23H22F2N4O2. The molecule has 0 radical (unpaired) electrons. The Labute approximate surface area is 178 Å². The molecule has 2 amide bonds. The van der Waals surface area contributed by atoms with Crippen LogP contribution in [-0.4, -0.2) is 28.1 Å². The molecule has 0 spiro atoms. The van der Waals surface area contributed by atoms with Gasteiger partial charge in [-0.25, -0.2) is 13.5 Å². The van der Waals surface area contributed by atoms with Crippen LogP contribution in [0.25, 0.3) is 5.69 Å². The van der Waals surface area contributed by atoms with Crippen molar-refractivity contribution >= 4 is 23.2 Å². The SMILES string of the molecule is CC(C)c1c(C(=O)Nc2ccc(N3CCCC3=O)c(F)c2)cnn1-c1ccc(F)cc1. The molecule has 0 unspecified atom stereocenters. The fraction of sp³-hybridized carbons (Fsp3) is 0.261. The van der Waals surface area contributed by atoms with Crippen LogP contribution in [-0.2, 0) is 4.79 Å². The van der Waals surface area contributed by atoms with Gasteiger partial charge < -0.3 is 10.2 Å². The van der Waals surface area contributed by atoms with Crippen LogP contribution in [0.2, 0.25) is 0 Å². The minimum Gasteiger partial charge on any atom is -0.322 e. The predicted octanol–water partition coefficient (Wildman–Crippen LogP) is 4.65. The van der Waals surface area contributed by atoms with Crippen molar-refractivity contribution in [2.75, 3.05) is 16.8 Å².